The van der Waals surface area contributed by atoms with E-state index < -0.39 is 5.97 Å². The van der Waals surface area contributed by atoms with Crippen LogP contribution >= 0.6 is 0 Å². The van der Waals surface area contributed by atoms with Crippen molar-refractivity contribution in [2.24, 2.45) is 5.41 Å². The first-order chi connectivity index (χ1) is 8.89. The van der Waals surface area contributed by atoms with Gasteiger partial charge in [-0.2, -0.15) is 0 Å². The summed E-state index contributed by atoms with van der Waals surface area (Å²) in [6, 6.07) is 7.53. The molecule has 1 N–H and O–H groups in total. The Morgan fingerprint density at radius 2 is 2.16 bits per heavy atom. The predicted molar refractivity (Wildman–Crippen MR) is 73.6 cm³/mol. The third kappa shape index (κ3) is 3.13. The lowest BCUT2D eigenvalue weighted by atomic mass is 9.86. The second-order valence-electron chi connectivity index (χ2n) is 5.66. The van der Waals surface area contributed by atoms with Crippen LogP contribution in [0.1, 0.15) is 37.0 Å². The Morgan fingerprint density at radius 1 is 1.42 bits per heavy atom. The van der Waals surface area contributed by atoms with Crippen LogP contribution < -0.4 is 4.90 Å². The third-order valence-electron chi connectivity index (χ3n) is 3.75. The molecule has 1 aromatic rings. The standard InChI is InChI=1S/C15H19NO3/c1-11(17)12-4-3-5-13(8-12)16-7-6-15(2,10-16)9-14(18)19/h3-5,8H,6-7,9-10H2,1-2H3,(H,18,19). The van der Waals surface area contributed by atoms with Crippen molar-refractivity contribution in [2.45, 2.75) is 26.7 Å². The summed E-state index contributed by atoms with van der Waals surface area (Å²) in [6.07, 6.45) is 1.06. The van der Waals surface area contributed by atoms with Gasteiger partial charge in [0.05, 0.1) is 6.42 Å². The normalized spacial score (nSPS) is 22.5. The van der Waals surface area contributed by atoms with Gasteiger partial charge in [-0.15, -0.1) is 0 Å². The average Bonchev–Trinajstić information content (AvgIpc) is 2.70. The number of carboxylic acid groups (broad SMARTS) is 1. The molecule has 2 rings (SSSR count). The summed E-state index contributed by atoms with van der Waals surface area (Å²) in [4.78, 5) is 24.4. The highest BCUT2D eigenvalue weighted by molar-refractivity contribution is 5.95. The van der Waals surface area contributed by atoms with Crippen molar-refractivity contribution in [1.29, 1.82) is 0 Å². The van der Waals surface area contributed by atoms with Crippen molar-refractivity contribution in [2.75, 3.05) is 18.0 Å². The largest absolute Gasteiger partial charge is 0.481 e. The molecule has 4 heteroatoms. The van der Waals surface area contributed by atoms with Gasteiger partial charge in [-0.25, -0.2) is 0 Å². The smallest absolute Gasteiger partial charge is 0.303 e. The molecule has 0 amide bonds. The molecule has 1 fully saturated rings. The molecule has 4 nitrogen and oxygen atoms in total. The Balaban J connectivity index is 2.14. The summed E-state index contributed by atoms with van der Waals surface area (Å²) in [6.45, 7) is 5.12. The SMILES string of the molecule is CC(=O)c1cccc(N2CCC(C)(CC(=O)O)C2)c1. The van der Waals surface area contributed by atoms with Gasteiger partial charge in [-0.1, -0.05) is 19.1 Å². The first kappa shape index (κ1) is 13.6. The molecule has 0 spiro atoms. The molecule has 1 heterocycles. The van der Waals surface area contributed by atoms with Crippen molar-refractivity contribution in [3.63, 3.8) is 0 Å². The number of carbonyl (C=O) groups excluding carboxylic acids is 1. The molecule has 102 valence electrons. The zero-order valence-corrected chi connectivity index (χ0v) is 11.3. The molecule has 1 saturated heterocycles. The van der Waals surface area contributed by atoms with E-state index in [4.69, 9.17) is 5.11 Å². The van der Waals surface area contributed by atoms with E-state index >= 15 is 0 Å². The molecular weight excluding hydrogens is 242 g/mol. The van der Waals surface area contributed by atoms with Crippen molar-refractivity contribution >= 4 is 17.4 Å². The Kier molecular flexibility index (Phi) is 3.60. The maximum Gasteiger partial charge on any atom is 0.303 e. The van der Waals surface area contributed by atoms with Crippen molar-refractivity contribution in [3.8, 4) is 0 Å². The summed E-state index contributed by atoms with van der Waals surface area (Å²) < 4.78 is 0. The number of anilines is 1. The van der Waals surface area contributed by atoms with Crippen LogP contribution in [0, 0.1) is 5.41 Å². The van der Waals surface area contributed by atoms with E-state index in [2.05, 4.69) is 4.90 Å². The number of carbonyl (C=O) groups is 2. The van der Waals surface area contributed by atoms with Crippen LogP contribution in [0.25, 0.3) is 0 Å². The monoisotopic (exact) mass is 261 g/mol. The zero-order valence-electron chi connectivity index (χ0n) is 11.3. The second kappa shape index (κ2) is 5.03. The molecule has 19 heavy (non-hydrogen) atoms. The third-order valence-corrected chi connectivity index (χ3v) is 3.75. The maximum absolute atomic E-state index is 11.4. The van der Waals surface area contributed by atoms with Gasteiger partial charge in [-0.05, 0) is 30.9 Å². The van der Waals surface area contributed by atoms with Gasteiger partial charge in [0.15, 0.2) is 5.78 Å². The van der Waals surface area contributed by atoms with Gasteiger partial charge in [-0.3, -0.25) is 9.59 Å². The fraction of sp³-hybridized carbons (Fsp3) is 0.467. The molecule has 1 aromatic carbocycles. The number of benzene rings is 1. The van der Waals surface area contributed by atoms with E-state index in [1.807, 2.05) is 25.1 Å². The number of ketones is 1. The van der Waals surface area contributed by atoms with E-state index in [0.717, 1.165) is 25.2 Å². The lowest BCUT2D eigenvalue weighted by Crippen LogP contribution is -2.27. The zero-order chi connectivity index (χ0) is 14.0. The minimum Gasteiger partial charge on any atom is -0.481 e. The van der Waals surface area contributed by atoms with Crippen LogP contribution in [0.4, 0.5) is 5.69 Å². The van der Waals surface area contributed by atoms with E-state index in [9.17, 15) is 9.59 Å². The van der Waals surface area contributed by atoms with Gasteiger partial charge in [0, 0.05) is 24.3 Å². The number of rotatable bonds is 4. The van der Waals surface area contributed by atoms with E-state index in [1.165, 1.54) is 0 Å². The summed E-state index contributed by atoms with van der Waals surface area (Å²) in [7, 11) is 0. The highest BCUT2D eigenvalue weighted by Crippen LogP contribution is 2.36. The highest BCUT2D eigenvalue weighted by Gasteiger charge is 2.35. The van der Waals surface area contributed by atoms with Crippen LogP contribution in [0.3, 0.4) is 0 Å². The van der Waals surface area contributed by atoms with Crippen molar-refractivity contribution in [3.05, 3.63) is 29.8 Å². The summed E-state index contributed by atoms with van der Waals surface area (Å²) in [5.74, 6) is -0.698. The predicted octanol–water partition coefficient (Wildman–Crippen LogP) is 2.58. The van der Waals surface area contributed by atoms with Crippen molar-refractivity contribution in [1.82, 2.24) is 0 Å². The molecule has 0 aromatic heterocycles. The fourth-order valence-corrected chi connectivity index (χ4v) is 2.68. The van der Waals surface area contributed by atoms with Crippen molar-refractivity contribution < 1.29 is 14.7 Å². The first-order valence-corrected chi connectivity index (χ1v) is 6.47. The quantitative estimate of drug-likeness (QED) is 0.846. The number of nitrogens with zero attached hydrogens (tertiary/aromatic N) is 1. The van der Waals surface area contributed by atoms with Gasteiger partial charge in [0.2, 0.25) is 0 Å². The molecule has 0 saturated carbocycles. The molecular formula is C15H19NO3. The molecule has 1 atom stereocenters. The molecule has 1 aliphatic heterocycles. The lowest BCUT2D eigenvalue weighted by Gasteiger charge is -2.24. The number of carboxylic acids is 1. The van der Waals surface area contributed by atoms with Gasteiger partial charge in [0.1, 0.15) is 0 Å². The average molecular weight is 261 g/mol. The fourth-order valence-electron chi connectivity index (χ4n) is 2.68. The lowest BCUT2D eigenvalue weighted by molar-refractivity contribution is -0.139. The molecule has 1 unspecified atom stereocenters. The minimum absolute atomic E-state index is 0.0503. The van der Waals surface area contributed by atoms with E-state index in [1.54, 1.807) is 13.0 Å². The number of Topliss-reactive ketones (excluding diaryl/α,β-unsaturated/α-hetero) is 1. The van der Waals surface area contributed by atoms with E-state index in [0.29, 0.717) is 5.56 Å². The first-order valence-electron chi connectivity index (χ1n) is 6.47. The van der Waals surface area contributed by atoms with Crippen LogP contribution in [0.5, 0.6) is 0 Å². The van der Waals surface area contributed by atoms with Crippen LogP contribution in [0.2, 0.25) is 0 Å². The Morgan fingerprint density at radius 3 is 2.79 bits per heavy atom. The number of aliphatic carboxylic acids is 1. The Hall–Kier alpha value is -1.84. The summed E-state index contributed by atoms with van der Waals surface area (Å²) in [5, 5.41) is 8.95. The maximum atomic E-state index is 11.4. The van der Waals surface area contributed by atoms with Crippen LogP contribution in [0.15, 0.2) is 24.3 Å². The molecule has 1 aliphatic rings. The summed E-state index contributed by atoms with van der Waals surface area (Å²) >= 11 is 0. The topological polar surface area (TPSA) is 57.6 Å². The second-order valence-corrected chi connectivity index (χ2v) is 5.66. The van der Waals surface area contributed by atoms with E-state index in [-0.39, 0.29) is 17.6 Å². The van der Waals surface area contributed by atoms with Gasteiger partial charge in [0.25, 0.3) is 0 Å². The molecule has 0 aliphatic carbocycles. The van der Waals surface area contributed by atoms with Gasteiger partial charge >= 0.3 is 5.97 Å². The molecule has 0 bridgehead atoms. The minimum atomic E-state index is -0.748. The number of hydrogen-bond donors (Lipinski definition) is 1. The Labute approximate surface area is 113 Å². The van der Waals surface area contributed by atoms with Gasteiger partial charge < -0.3 is 10.0 Å². The van der Waals surface area contributed by atoms with Crippen LogP contribution in [-0.2, 0) is 4.79 Å². The highest BCUT2D eigenvalue weighted by atomic mass is 16.4. The molecule has 0 radical (unpaired) electrons. The van der Waals surface area contributed by atoms with Crippen LogP contribution in [-0.4, -0.2) is 29.9 Å². The summed E-state index contributed by atoms with van der Waals surface area (Å²) in [5.41, 5.74) is 1.52. The Bertz CT molecular complexity index is 512. The number of hydrogen-bond acceptors (Lipinski definition) is 3.